The van der Waals surface area contributed by atoms with E-state index in [4.69, 9.17) is 0 Å². The summed E-state index contributed by atoms with van der Waals surface area (Å²) >= 11 is 0. The molecule has 12 heteroatoms. The second-order valence-corrected chi connectivity index (χ2v) is 7.61. The third-order valence-corrected chi connectivity index (χ3v) is 5.43. The van der Waals surface area contributed by atoms with E-state index in [9.17, 15) is 27.2 Å². The lowest BCUT2D eigenvalue weighted by Crippen LogP contribution is -2.46. The number of alkyl halides is 3. The quantitative estimate of drug-likeness (QED) is 0.454. The predicted molar refractivity (Wildman–Crippen MR) is 112 cm³/mol. The van der Waals surface area contributed by atoms with E-state index >= 15 is 0 Å². The number of hydrogen-bond donors (Lipinski definition) is 2. The Bertz CT molecular complexity index is 1250. The van der Waals surface area contributed by atoms with Gasteiger partial charge in [-0.15, -0.1) is 0 Å². The molecule has 4 rings (SSSR count). The van der Waals surface area contributed by atoms with Crippen LogP contribution in [0, 0.1) is 5.95 Å². The summed E-state index contributed by atoms with van der Waals surface area (Å²) in [5, 5.41) is 2.40. The molecule has 2 N–H and O–H groups in total. The number of hydrogen-bond acceptors (Lipinski definition) is 6. The number of aromatic amines is 1. The van der Waals surface area contributed by atoms with Gasteiger partial charge < -0.3 is 15.2 Å². The molecule has 1 amide bonds. The van der Waals surface area contributed by atoms with Crippen molar-refractivity contribution >= 4 is 22.6 Å². The molecule has 8 nitrogen and oxygen atoms in total. The fourth-order valence-electron chi connectivity index (χ4n) is 3.75. The fraction of sp³-hybridized carbons (Fsp3) is 0.333. The maximum Gasteiger partial charge on any atom is 0.438 e. The monoisotopic (exact) mass is 464 g/mol. The molecule has 0 radical (unpaired) electrons. The van der Waals surface area contributed by atoms with Gasteiger partial charge >= 0.3 is 6.18 Å². The third kappa shape index (κ3) is 4.80. The predicted octanol–water partition coefficient (Wildman–Crippen LogP) is 2.16. The van der Waals surface area contributed by atoms with Crippen molar-refractivity contribution in [3.05, 3.63) is 63.6 Å². The number of halogens is 4. The highest BCUT2D eigenvalue weighted by atomic mass is 19.4. The minimum Gasteiger partial charge on any atom is -0.365 e. The Morgan fingerprint density at radius 1 is 1.12 bits per heavy atom. The first-order valence-electron chi connectivity index (χ1n) is 10.1. The molecule has 3 heterocycles. The van der Waals surface area contributed by atoms with Crippen LogP contribution in [0.25, 0.3) is 11.0 Å². The van der Waals surface area contributed by atoms with Gasteiger partial charge in [0, 0.05) is 39.8 Å². The van der Waals surface area contributed by atoms with Gasteiger partial charge in [0.2, 0.25) is 11.6 Å². The summed E-state index contributed by atoms with van der Waals surface area (Å²) in [4.78, 5) is 36.7. The Balaban J connectivity index is 1.43. The molecule has 1 aromatic carbocycles. The third-order valence-electron chi connectivity index (χ3n) is 5.43. The highest BCUT2D eigenvalue weighted by molar-refractivity contribution is 5.92. The Kier molecular flexibility index (Phi) is 6.02. The van der Waals surface area contributed by atoms with Gasteiger partial charge in [-0.25, -0.2) is 9.97 Å². The Morgan fingerprint density at radius 2 is 1.85 bits per heavy atom. The van der Waals surface area contributed by atoms with E-state index in [0.29, 0.717) is 38.4 Å². The highest BCUT2D eigenvalue weighted by Gasteiger charge is 2.36. The number of H-pyrrole nitrogens is 1. The van der Waals surface area contributed by atoms with Crippen LogP contribution in [0.15, 0.2) is 35.1 Å². The molecule has 2 aromatic heterocycles. The first kappa shape index (κ1) is 22.6. The van der Waals surface area contributed by atoms with Gasteiger partial charge in [0.25, 0.3) is 11.5 Å². The molecule has 174 valence electrons. The second kappa shape index (κ2) is 8.77. The van der Waals surface area contributed by atoms with Gasteiger partial charge in [-0.05, 0) is 29.8 Å². The summed E-state index contributed by atoms with van der Waals surface area (Å²) in [6.07, 6.45) is -4.82. The van der Waals surface area contributed by atoms with Gasteiger partial charge in [-0.1, -0.05) is 6.07 Å². The molecule has 1 aliphatic rings. The van der Waals surface area contributed by atoms with Gasteiger partial charge in [0.1, 0.15) is 5.69 Å². The molecule has 1 fully saturated rings. The number of rotatable bonds is 4. The van der Waals surface area contributed by atoms with Crippen molar-refractivity contribution in [2.24, 2.45) is 0 Å². The van der Waals surface area contributed by atoms with Crippen LogP contribution in [-0.4, -0.2) is 59.0 Å². The molecule has 0 spiro atoms. The lowest BCUT2D eigenvalue weighted by atomic mass is 10.1. The summed E-state index contributed by atoms with van der Waals surface area (Å²) in [5.41, 5.74) is -1.34. The zero-order valence-corrected chi connectivity index (χ0v) is 17.5. The molecule has 1 aliphatic heterocycles. The number of amides is 1. The van der Waals surface area contributed by atoms with Crippen molar-refractivity contribution in [3.63, 3.8) is 0 Å². The normalized spacial score (nSPS) is 15.1. The minimum atomic E-state index is -4.82. The number of nitrogens with one attached hydrogen (secondary N) is 2. The number of piperazine rings is 1. The number of benzene rings is 1. The Hall–Kier alpha value is -3.54. The maximum absolute atomic E-state index is 14.4. The molecule has 0 bridgehead atoms. The molecule has 0 unspecified atom stereocenters. The average molecular weight is 464 g/mol. The number of fused-ring (bicyclic) bond motifs is 1. The largest absolute Gasteiger partial charge is 0.438 e. The summed E-state index contributed by atoms with van der Waals surface area (Å²) < 4.78 is 53.0. The topological polar surface area (TPSA) is 94.2 Å². The molecular formula is C21H20F4N6O2. The summed E-state index contributed by atoms with van der Waals surface area (Å²) in [6, 6.07) is 7.72. The number of carbonyl (C=O) groups is 1. The zero-order chi connectivity index (χ0) is 23.8. The van der Waals surface area contributed by atoms with Gasteiger partial charge in [0.05, 0.1) is 16.7 Å². The number of pyridine rings is 1. The van der Waals surface area contributed by atoms with Gasteiger partial charge in [-0.3, -0.25) is 14.5 Å². The van der Waals surface area contributed by atoms with Crippen molar-refractivity contribution in [3.8, 4) is 0 Å². The van der Waals surface area contributed by atoms with Crippen LogP contribution in [0.1, 0.15) is 21.7 Å². The number of nitrogens with zero attached hydrogens (tertiary/aromatic N) is 4. The lowest BCUT2D eigenvalue weighted by molar-refractivity contribution is -0.142. The molecular weight excluding hydrogens is 444 g/mol. The second-order valence-electron chi connectivity index (χ2n) is 7.61. The van der Waals surface area contributed by atoms with E-state index in [2.05, 4.69) is 25.2 Å². The van der Waals surface area contributed by atoms with Gasteiger partial charge in [-0.2, -0.15) is 17.6 Å². The van der Waals surface area contributed by atoms with Crippen LogP contribution in [0.5, 0.6) is 0 Å². The molecule has 33 heavy (non-hydrogen) atoms. The molecule has 0 aliphatic carbocycles. The Morgan fingerprint density at radius 3 is 2.48 bits per heavy atom. The fourth-order valence-corrected chi connectivity index (χ4v) is 3.75. The van der Waals surface area contributed by atoms with Gasteiger partial charge in [0.15, 0.2) is 0 Å². The van der Waals surface area contributed by atoms with Crippen LogP contribution >= 0.6 is 0 Å². The van der Waals surface area contributed by atoms with E-state index in [1.165, 1.54) is 25.2 Å². The van der Waals surface area contributed by atoms with Crippen molar-refractivity contribution in [2.45, 2.75) is 12.7 Å². The molecule has 1 saturated heterocycles. The van der Waals surface area contributed by atoms with Crippen molar-refractivity contribution < 1.29 is 22.4 Å². The first-order chi connectivity index (χ1) is 15.7. The number of aromatic nitrogens is 3. The van der Waals surface area contributed by atoms with E-state index in [1.54, 1.807) is 12.1 Å². The molecule has 0 atom stereocenters. The number of carbonyl (C=O) groups excluding carboxylic acids is 1. The average Bonchev–Trinajstić information content (AvgIpc) is 2.78. The van der Waals surface area contributed by atoms with E-state index in [1.807, 2.05) is 4.90 Å². The SMILES string of the molecule is CNC(=O)c1ccc(N2CCN(Cc3ccc4nc(C(F)(F)F)c(=O)[nH]c4c3)CC2)c(F)n1. The van der Waals surface area contributed by atoms with E-state index in [0.717, 1.165) is 5.56 Å². The van der Waals surface area contributed by atoms with Crippen LogP contribution in [0.2, 0.25) is 0 Å². The summed E-state index contributed by atoms with van der Waals surface area (Å²) in [7, 11) is 1.44. The van der Waals surface area contributed by atoms with Crippen LogP contribution in [0.3, 0.4) is 0 Å². The van der Waals surface area contributed by atoms with Crippen LogP contribution < -0.4 is 15.8 Å². The minimum absolute atomic E-state index is 0.00331. The zero-order valence-electron chi connectivity index (χ0n) is 17.5. The maximum atomic E-state index is 14.4. The summed E-state index contributed by atoms with van der Waals surface area (Å²) in [5.74, 6) is -1.18. The molecule has 3 aromatic rings. The number of anilines is 1. The van der Waals surface area contributed by atoms with Crippen molar-refractivity contribution in [2.75, 3.05) is 38.1 Å². The van der Waals surface area contributed by atoms with Crippen molar-refractivity contribution in [1.29, 1.82) is 0 Å². The lowest BCUT2D eigenvalue weighted by Gasteiger charge is -2.36. The van der Waals surface area contributed by atoms with E-state index < -0.39 is 29.3 Å². The summed E-state index contributed by atoms with van der Waals surface area (Å²) in [6.45, 7) is 2.77. The highest BCUT2D eigenvalue weighted by Crippen LogP contribution is 2.26. The van der Waals surface area contributed by atoms with Crippen LogP contribution in [-0.2, 0) is 12.7 Å². The standard InChI is InChI=1S/C21H20F4N6O2/c1-26-19(32)14-4-5-16(18(22)28-14)31-8-6-30(7-9-31)11-12-2-3-13-15(10-12)29-20(33)17(27-13)21(23,24)25/h2-5,10H,6-9,11H2,1H3,(H,26,32)(H,29,33). The first-order valence-corrected chi connectivity index (χ1v) is 10.1. The smallest absolute Gasteiger partial charge is 0.365 e. The molecule has 0 saturated carbocycles. The van der Waals surface area contributed by atoms with E-state index in [-0.39, 0.29) is 16.7 Å². The van der Waals surface area contributed by atoms with Crippen LogP contribution in [0.4, 0.5) is 23.2 Å². The Labute approximate surface area is 185 Å². The van der Waals surface area contributed by atoms with Crippen molar-refractivity contribution in [1.82, 2.24) is 25.2 Å².